The number of rotatable bonds is 10. The van der Waals surface area contributed by atoms with Gasteiger partial charge in [0.1, 0.15) is 5.75 Å². The Morgan fingerprint density at radius 2 is 1.96 bits per heavy atom. The summed E-state index contributed by atoms with van der Waals surface area (Å²) in [6.45, 7) is 8.90. The van der Waals surface area contributed by atoms with Crippen molar-refractivity contribution in [2.45, 2.75) is 58.9 Å². The molecule has 0 atom stereocenters. The lowest BCUT2D eigenvalue weighted by atomic mass is 9.98. The highest BCUT2D eigenvalue weighted by molar-refractivity contribution is 5.91. The van der Waals surface area contributed by atoms with E-state index in [4.69, 9.17) is 9.47 Å². The van der Waals surface area contributed by atoms with Crippen LogP contribution in [0, 0.1) is 0 Å². The highest BCUT2D eigenvalue weighted by atomic mass is 16.6. The van der Waals surface area contributed by atoms with Gasteiger partial charge in [-0.15, -0.1) is 0 Å². The minimum Gasteiger partial charge on any atom is -0.410 e. The van der Waals surface area contributed by atoms with Crippen molar-refractivity contribution in [2.24, 2.45) is 0 Å². The van der Waals surface area contributed by atoms with Crippen molar-refractivity contribution in [3.8, 4) is 5.75 Å². The first-order valence-electron chi connectivity index (χ1n) is 8.84. The highest BCUT2D eigenvalue weighted by Gasteiger charge is 2.20. The molecule has 2 N–H and O–H groups in total. The van der Waals surface area contributed by atoms with Crippen LogP contribution in [0.4, 0.5) is 10.5 Å². The Bertz CT molecular complexity index is 558. The van der Waals surface area contributed by atoms with Crippen LogP contribution in [0.1, 0.15) is 53.4 Å². The van der Waals surface area contributed by atoms with E-state index >= 15 is 0 Å². The molecule has 0 heterocycles. The van der Waals surface area contributed by atoms with E-state index in [0.717, 1.165) is 19.3 Å². The van der Waals surface area contributed by atoms with E-state index in [0.29, 0.717) is 24.7 Å². The number of carbonyl (C=O) groups is 2. The van der Waals surface area contributed by atoms with Crippen LogP contribution >= 0.6 is 0 Å². The molecule has 0 aliphatic heterocycles. The van der Waals surface area contributed by atoms with Gasteiger partial charge in [0.05, 0.1) is 13.0 Å². The molecule has 0 radical (unpaired) electrons. The van der Waals surface area contributed by atoms with Crippen molar-refractivity contribution in [3.05, 3.63) is 24.3 Å². The Labute approximate surface area is 150 Å². The standard InChI is InChI=1S/C19H30N2O4/c1-5-7-12-19(3,4)21-18(23)25-16-10-8-9-15(14-16)20-17(22)11-13-24-6-2/h8-10,14H,5-7,11-13H2,1-4H3,(H,20,22)(H,21,23). The number of anilines is 1. The summed E-state index contributed by atoms with van der Waals surface area (Å²) in [5.74, 6) is 0.238. The summed E-state index contributed by atoms with van der Waals surface area (Å²) in [6, 6.07) is 6.77. The fraction of sp³-hybridized carbons (Fsp3) is 0.579. The average molecular weight is 350 g/mol. The zero-order chi connectivity index (χ0) is 18.7. The Kier molecular flexibility index (Phi) is 8.99. The number of amides is 2. The fourth-order valence-electron chi connectivity index (χ4n) is 2.26. The quantitative estimate of drug-likeness (QED) is 0.623. The van der Waals surface area contributed by atoms with Gasteiger partial charge in [0, 0.05) is 23.9 Å². The smallest absolute Gasteiger partial charge is 0.410 e. The zero-order valence-corrected chi connectivity index (χ0v) is 15.7. The second-order valence-corrected chi connectivity index (χ2v) is 6.52. The lowest BCUT2D eigenvalue weighted by molar-refractivity contribution is -0.117. The van der Waals surface area contributed by atoms with Crippen LogP contribution < -0.4 is 15.4 Å². The number of hydrogen-bond donors (Lipinski definition) is 2. The van der Waals surface area contributed by atoms with Gasteiger partial charge < -0.3 is 20.1 Å². The number of hydrogen-bond acceptors (Lipinski definition) is 4. The Hall–Kier alpha value is -2.08. The van der Waals surface area contributed by atoms with Crippen LogP contribution in [0.25, 0.3) is 0 Å². The van der Waals surface area contributed by atoms with Gasteiger partial charge >= 0.3 is 6.09 Å². The van der Waals surface area contributed by atoms with Crippen LogP contribution in [-0.4, -0.2) is 30.8 Å². The van der Waals surface area contributed by atoms with Gasteiger partial charge in [-0.05, 0) is 39.3 Å². The number of nitrogens with one attached hydrogen (secondary N) is 2. The third kappa shape index (κ3) is 9.10. The van der Waals surface area contributed by atoms with Crippen molar-refractivity contribution in [1.29, 1.82) is 0 Å². The molecule has 2 amide bonds. The predicted molar refractivity (Wildman–Crippen MR) is 98.9 cm³/mol. The maximum atomic E-state index is 12.1. The predicted octanol–water partition coefficient (Wildman–Crippen LogP) is 4.11. The maximum Gasteiger partial charge on any atom is 0.413 e. The summed E-state index contributed by atoms with van der Waals surface area (Å²) in [5, 5.41) is 5.63. The first kappa shape index (κ1) is 21.0. The third-order valence-electron chi connectivity index (χ3n) is 3.60. The van der Waals surface area contributed by atoms with Crippen molar-refractivity contribution in [3.63, 3.8) is 0 Å². The van der Waals surface area contributed by atoms with Gasteiger partial charge in [0.25, 0.3) is 0 Å². The molecular formula is C19H30N2O4. The molecule has 0 fully saturated rings. The average Bonchev–Trinajstić information content (AvgIpc) is 2.53. The lowest BCUT2D eigenvalue weighted by Crippen LogP contribution is -2.44. The number of unbranched alkanes of at least 4 members (excludes halogenated alkanes) is 1. The molecule has 0 bridgehead atoms. The van der Waals surface area contributed by atoms with Gasteiger partial charge in [-0.3, -0.25) is 4.79 Å². The van der Waals surface area contributed by atoms with Crippen molar-refractivity contribution >= 4 is 17.7 Å². The topological polar surface area (TPSA) is 76.7 Å². The Morgan fingerprint density at radius 3 is 2.64 bits per heavy atom. The summed E-state index contributed by atoms with van der Waals surface area (Å²) < 4.78 is 10.5. The molecular weight excluding hydrogens is 320 g/mol. The minimum atomic E-state index is -0.499. The van der Waals surface area contributed by atoms with Crippen LogP contribution in [-0.2, 0) is 9.53 Å². The molecule has 25 heavy (non-hydrogen) atoms. The van der Waals surface area contributed by atoms with Gasteiger partial charge in [-0.1, -0.05) is 25.8 Å². The van der Waals surface area contributed by atoms with E-state index < -0.39 is 6.09 Å². The molecule has 6 nitrogen and oxygen atoms in total. The van der Waals surface area contributed by atoms with Gasteiger partial charge in [0.2, 0.25) is 5.91 Å². The second kappa shape index (κ2) is 10.7. The molecule has 0 spiro atoms. The Balaban J connectivity index is 2.54. The minimum absolute atomic E-state index is 0.143. The summed E-state index contributed by atoms with van der Waals surface area (Å²) >= 11 is 0. The van der Waals surface area contributed by atoms with E-state index in [2.05, 4.69) is 17.6 Å². The van der Waals surface area contributed by atoms with Gasteiger partial charge in [-0.25, -0.2) is 4.79 Å². The summed E-state index contributed by atoms with van der Waals surface area (Å²) in [6.07, 6.45) is 2.78. The molecule has 0 saturated heterocycles. The largest absolute Gasteiger partial charge is 0.413 e. The van der Waals surface area contributed by atoms with Crippen molar-refractivity contribution in [1.82, 2.24) is 5.32 Å². The molecule has 0 unspecified atom stereocenters. The molecule has 0 saturated carbocycles. The van der Waals surface area contributed by atoms with E-state index in [1.54, 1.807) is 24.3 Å². The summed E-state index contributed by atoms with van der Waals surface area (Å²) in [5.41, 5.74) is 0.259. The summed E-state index contributed by atoms with van der Waals surface area (Å²) in [4.78, 5) is 23.9. The molecule has 0 aliphatic carbocycles. The van der Waals surface area contributed by atoms with Crippen molar-refractivity contribution in [2.75, 3.05) is 18.5 Å². The molecule has 6 heteroatoms. The maximum absolute atomic E-state index is 12.1. The zero-order valence-electron chi connectivity index (χ0n) is 15.7. The van der Waals surface area contributed by atoms with Crippen LogP contribution in [0.15, 0.2) is 24.3 Å². The Morgan fingerprint density at radius 1 is 1.20 bits per heavy atom. The second-order valence-electron chi connectivity index (χ2n) is 6.52. The summed E-state index contributed by atoms with van der Waals surface area (Å²) in [7, 11) is 0. The molecule has 0 aromatic heterocycles. The van der Waals surface area contributed by atoms with Gasteiger partial charge in [0.15, 0.2) is 0 Å². The van der Waals surface area contributed by atoms with E-state index in [1.807, 2.05) is 20.8 Å². The monoisotopic (exact) mass is 350 g/mol. The van der Waals surface area contributed by atoms with E-state index in [-0.39, 0.29) is 17.9 Å². The molecule has 1 rings (SSSR count). The van der Waals surface area contributed by atoms with E-state index in [1.165, 1.54) is 0 Å². The number of ether oxygens (including phenoxy) is 2. The first-order valence-corrected chi connectivity index (χ1v) is 8.84. The number of carbonyl (C=O) groups excluding carboxylic acids is 2. The molecule has 140 valence electrons. The van der Waals surface area contributed by atoms with Crippen LogP contribution in [0.2, 0.25) is 0 Å². The molecule has 1 aromatic rings. The van der Waals surface area contributed by atoms with Crippen LogP contribution in [0.5, 0.6) is 5.75 Å². The molecule has 1 aromatic carbocycles. The first-order chi connectivity index (χ1) is 11.9. The SMILES string of the molecule is CCCCC(C)(C)NC(=O)Oc1cccc(NC(=O)CCOCC)c1. The van der Waals surface area contributed by atoms with E-state index in [9.17, 15) is 9.59 Å². The normalized spacial score (nSPS) is 11.0. The van der Waals surface area contributed by atoms with Gasteiger partial charge in [-0.2, -0.15) is 0 Å². The third-order valence-corrected chi connectivity index (χ3v) is 3.60. The highest BCUT2D eigenvalue weighted by Crippen LogP contribution is 2.19. The fourth-order valence-corrected chi connectivity index (χ4v) is 2.26. The van der Waals surface area contributed by atoms with Crippen molar-refractivity contribution < 1.29 is 19.1 Å². The lowest BCUT2D eigenvalue weighted by Gasteiger charge is -2.25. The number of benzene rings is 1. The van der Waals surface area contributed by atoms with Crippen LogP contribution in [0.3, 0.4) is 0 Å². The molecule has 0 aliphatic rings.